The van der Waals surface area contributed by atoms with Crippen molar-refractivity contribution in [2.75, 3.05) is 6.54 Å². The molecule has 3 rings (SSSR count). The van der Waals surface area contributed by atoms with Gasteiger partial charge in [-0.3, -0.25) is 4.90 Å². The second-order valence-corrected chi connectivity index (χ2v) is 7.62. The SMILES string of the molecule is Cc1ccc(C2(CCN3C(C)CCC3C)CCCC2)cc1. The van der Waals surface area contributed by atoms with Gasteiger partial charge in [0, 0.05) is 12.1 Å². The molecule has 1 heterocycles. The van der Waals surface area contributed by atoms with Gasteiger partial charge in [-0.25, -0.2) is 0 Å². The summed E-state index contributed by atoms with van der Waals surface area (Å²) in [4.78, 5) is 2.76. The van der Waals surface area contributed by atoms with Crippen molar-refractivity contribution >= 4 is 0 Å². The van der Waals surface area contributed by atoms with Gasteiger partial charge in [-0.2, -0.15) is 0 Å². The second kappa shape index (κ2) is 6.12. The van der Waals surface area contributed by atoms with Crippen LogP contribution in [0.2, 0.25) is 0 Å². The highest BCUT2D eigenvalue weighted by Crippen LogP contribution is 2.44. The number of hydrogen-bond acceptors (Lipinski definition) is 1. The Morgan fingerprint density at radius 3 is 2.14 bits per heavy atom. The molecule has 1 aliphatic heterocycles. The predicted molar refractivity (Wildman–Crippen MR) is 90.8 cm³/mol. The second-order valence-electron chi connectivity index (χ2n) is 7.62. The number of hydrogen-bond donors (Lipinski definition) is 0. The summed E-state index contributed by atoms with van der Waals surface area (Å²) >= 11 is 0. The third-order valence-corrected chi connectivity index (χ3v) is 6.21. The van der Waals surface area contributed by atoms with E-state index >= 15 is 0 Å². The van der Waals surface area contributed by atoms with Crippen LogP contribution in [0.25, 0.3) is 0 Å². The molecule has 1 heteroatoms. The Labute approximate surface area is 130 Å². The Balaban J connectivity index is 1.74. The monoisotopic (exact) mass is 285 g/mol. The molecule has 2 atom stereocenters. The molecule has 116 valence electrons. The van der Waals surface area contributed by atoms with Crippen LogP contribution in [-0.4, -0.2) is 23.5 Å². The zero-order valence-corrected chi connectivity index (χ0v) is 14.1. The number of likely N-dealkylation sites (tertiary alicyclic amines) is 1. The van der Waals surface area contributed by atoms with Gasteiger partial charge >= 0.3 is 0 Å². The molecule has 1 nitrogen and oxygen atoms in total. The first kappa shape index (κ1) is 15.1. The lowest BCUT2D eigenvalue weighted by atomic mass is 9.75. The Hall–Kier alpha value is -0.820. The quantitative estimate of drug-likeness (QED) is 0.746. The molecular formula is C20H31N. The fourth-order valence-electron chi connectivity index (χ4n) is 4.67. The highest BCUT2D eigenvalue weighted by Gasteiger charge is 2.37. The van der Waals surface area contributed by atoms with Crippen LogP contribution in [-0.2, 0) is 5.41 Å². The van der Waals surface area contributed by atoms with E-state index in [0.717, 1.165) is 12.1 Å². The minimum atomic E-state index is 0.468. The maximum absolute atomic E-state index is 2.76. The number of nitrogens with zero attached hydrogens (tertiary/aromatic N) is 1. The molecule has 0 aromatic heterocycles. The van der Waals surface area contributed by atoms with E-state index in [-0.39, 0.29) is 0 Å². The fourth-order valence-corrected chi connectivity index (χ4v) is 4.67. The van der Waals surface area contributed by atoms with E-state index in [2.05, 4.69) is 49.9 Å². The molecule has 2 unspecified atom stereocenters. The van der Waals surface area contributed by atoms with Crippen LogP contribution < -0.4 is 0 Å². The number of rotatable bonds is 4. The van der Waals surface area contributed by atoms with Gasteiger partial charge in [-0.15, -0.1) is 0 Å². The standard InChI is InChI=1S/C20H31N/c1-16-6-10-19(11-7-16)20(12-4-5-13-20)14-15-21-17(2)8-9-18(21)3/h6-7,10-11,17-18H,4-5,8-9,12-15H2,1-3H3. The van der Waals surface area contributed by atoms with Crippen LogP contribution >= 0.6 is 0 Å². The first-order valence-electron chi connectivity index (χ1n) is 8.94. The van der Waals surface area contributed by atoms with Crippen molar-refractivity contribution in [1.29, 1.82) is 0 Å². The third-order valence-electron chi connectivity index (χ3n) is 6.21. The van der Waals surface area contributed by atoms with E-state index in [9.17, 15) is 0 Å². The van der Waals surface area contributed by atoms with Gasteiger partial charge in [-0.05, 0) is 70.4 Å². The van der Waals surface area contributed by atoms with Gasteiger partial charge in [0.2, 0.25) is 0 Å². The molecule has 1 aliphatic carbocycles. The third kappa shape index (κ3) is 3.04. The molecule has 0 N–H and O–H groups in total. The lowest BCUT2D eigenvalue weighted by Crippen LogP contribution is -2.37. The van der Waals surface area contributed by atoms with Crippen molar-refractivity contribution in [2.24, 2.45) is 0 Å². The highest BCUT2D eigenvalue weighted by molar-refractivity contribution is 5.29. The maximum atomic E-state index is 2.76. The molecule has 0 amide bonds. The Kier molecular flexibility index (Phi) is 4.40. The van der Waals surface area contributed by atoms with Crippen molar-refractivity contribution in [3.05, 3.63) is 35.4 Å². The van der Waals surface area contributed by atoms with E-state index in [4.69, 9.17) is 0 Å². The van der Waals surface area contributed by atoms with Crippen molar-refractivity contribution in [2.45, 2.75) is 83.2 Å². The topological polar surface area (TPSA) is 3.24 Å². The fraction of sp³-hybridized carbons (Fsp3) is 0.700. The summed E-state index contributed by atoms with van der Waals surface area (Å²) in [5.41, 5.74) is 3.45. The summed E-state index contributed by atoms with van der Waals surface area (Å²) < 4.78 is 0. The zero-order valence-electron chi connectivity index (χ0n) is 14.1. The molecule has 0 spiro atoms. The van der Waals surface area contributed by atoms with E-state index in [0.29, 0.717) is 5.41 Å². The maximum Gasteiger partial charge on any atom is 0.00703 e. The highest BCUT2D eigenvalue weighted by atomic mass is 15.2. The van der Waals surface area contributed by atoms with Crippen LogP contribution in [0.5, 0.6) is 0 Å². The van der Waals surface area contributed by atoms with Crippen LogP contribution in [0.4, 0.5) is 0 Å². The average molecular weight is 285 g/mol. The molecule has 1 aromatic rings. The van der Waals surface area contributed by atoms with Gasteiger partial charge in [0.1, 0.15) is 0 Å². The van der Waals surface area contributed by atoms with Crippen molar-refractivity contribution < 1.29 is 0 Å². The summed E-state index contributed by atoms with van der Waals surface area (Å²) in [6.45, 7) is 8.31. The van der Waals surface area contributed by atoms with Crippen molar-refractivity contribution in [3.63, 3.8) is 0 Å². The van der Waals surface area contributed by atoms with E-state index in [1.807, 2.05) is 0 Å². The van der Waals surface area contributed by atoms with Gasteiger partial charge < -0.3 is 0 Å². The van der Waals surface area contributed by atoms with Gasteiger partial charge in [0.25, 0.3) is 0 Å². The molecular weight excluding hydrogens is 254 g/mol. The minimum absolute atomic E-state index is 0.468. The molecule has 21 heavy (non-hydrogen) atoms. The summed E-state index contributed by atoms with van der Waals surface area (Å²) in [5, 5.41) is 0. The lowest BCUT2D eigenvalue weighted by molar-refractivity contribution is 0.189. The minimum Gasteiger partial charge on any atom is -0.298 e. The normalized spacial score (nSPS) is 29.1. The summed E-state index contributed by atoms with van der Waals surface area (Å²) in [6.07, 6.45) is 9.75. The average Bonchev–Trinajstić information content (AvgIpc) is 3.07. The molecule has 1 aromatic carbocycles. The zero-order chi connectivity index (χ0) is 14.9. The summed E-state index contributed by atoms with van der Waals surface area (Å²) in [5.74, 6) is 0. The van der Waals surface area contributed by atoms with Gasteiger partial charge in [0.05, 0.1) is 0 Å². The molecule has 1 saturated carbocycles. The first-order valence-corrected chi connectivity index (χ1v) is 8.94. The van der Waals surface area contributed by atoms with Crippen LogP contribution in [0.15, 0.2) is 24.3 Å². The smallest absolute Gasteiger partial charge is 0.00703 e. The molecule has 2 aliphatic rings. The Morgan fingerprint density at radius 1 is 1.00 bits per heavy atom. The Morgan fingerprint density at radius 2 is 1.57 bits per heavy atom. The van der Waals surface area contributed by atoms with Crippen LogP contribution in [0.1, 0.15) is 69.9 Å². The van der Waals surface area contributed by atoms with Gasteiger partial charge in [0.15, 0.2) is 0 Å². The lowest BCUT2D eigenvalue weighted by Gasteiger charge is -2.34. The molecule has 2 fully saturated rings. The van der Waals surface area contributed by atoms with E-state index in [1.54, 1.807) is 5.56 Å². The Bertz CT molecular complexity index is 445. The summed E-state index contributed by atoms with van der Waals surface area (Å²) in [7, 11) is 0. The summed E-state index contributed by atoms with van der Waals surface area (Å²) in [6, 6.07) is 11.0. The van der Waals surface area contributed by atoms with E-state index in [1.165, 1.54) is 57.1 Å². The molecule has 0 bridgehead atoms. The first-order chi connectivity index (χ1) is 10.1. The molecule has 0 radical (unpaired) electrons. The van der Waals surface area contributed by atoms with Crippen LogP contribution in [0, 0.1) is 6.92 Å². The van der Waals surface area contributed by atoms with Crippen LogP contribution in [0.3, 0.4) is 0 Å². The number of benzene rings is 1. The number of aryl methyl sites for hydroxylation is 1. The van der Waals surface area contributed by atoms with Crippen molar-refractivity contribution in [1.82, 2.24) is 4.90 Å². The van der Waals surface area contributed by atoms with Gasteiger partial charge in [-0.1, -0.05) is 42.7 Å². The predicted octanol–water partition coefficient (Wildman–Crippen LogP) is 5.07. The molecule has 1 saturated heterocycles. The van der Waals surface area contributed by atoms with Crippen molar-refractivity contribution in [3.8, 4) is 0 Å². The largest absolute Gasteiger partial charge is 0.298 e. The van der Waals surface area contributed by atoms with E-state index < -0.39 is 0 Å².